The molecule has 0 atom stereocenters. The summed E-state index contributed by atoms with van der Waals surface area (Å²) < 4.78 is 20.3. The number of nitrogens with one attached hydrogen (secondary N) is 1. The molecule has 3 rings (SSSR count). The highest BCUT2D eigenvalue weighted by Crippen LogP contribution is 2.22. The van der Waals surface area contributed by atoms with Gasteiger partial charge in [-0.05, 0) is 48.9 Å². The van der Waals surface area contributed by atoms with Crippen LogP contribution in [-0.2, 0) is 4.79 Å². The first-order valence-corrected chi connectivity index (χ1v) is 9.39. The number of hydrogen-bond acceptors (Lipinski definition) is 5. The van der Waals surface area contributed by atoms with E-state index in [1.807, 2.05) is 28.8 Å². The van der Waals surface area contributed by atoms with E-state index in [0.29, 0.717) is 12.4 Å². The summed E-state index contributed by atoms with van der Waals surface area (Å²) in [7, 11) is 0. The molecular formula is C19H19FN4O2S. The Labute approximate surface area is 160 Å². The van der Waals surface area contributed by atoms with E-state index < -0.39 is 0 Å². The Bertz CT molecular complexity index is 899. The third-order valence-corrected chi connectivity index (χ3v) is 4.59. The number of ether oxygens (including phenoxy) is 1. The Hall–Kier alpha value is -2.87. The van der Waals surface area contributed by atoms with E-state index >= 15 is 0 Å². The molecule has 8 heteroatoms. The van der Waals surface area contributed by atoms with Crippen LogP contribution in [0.15, 0.2) is 60.0 Å². The molecule has 0 aliphatic heterocycles. The standard InChI is InChI=1S/C19H19FN4O2S/c1-14(25)22-16-4-2-5-17(12-16)24-13-21-23-19(24)27-11-3-10-26-18-8-6-15(20)7-9-18/h2,4-9,12-13H,3,10-11H2,1H3,(H,22,25). The lowest BCUT2D eigenvalue weighted by Crippen LogP contribution is -2.06. The maximum atomic E-state index is 12.9. The Morgan fingerprint density at radius 3 is 2.85 bits per heavy atom. The molecule has 6 nitrogen and oxygen atoms in total. The summed E-state index contributed by atoms with van der Waals surface area (Å²) in [5, 5.41) is 11.7. The predicted octanol–water partition coefficient (Wildman–Crippen LogP) is 3.93. The quantitative estimate of drug-likeness (QED) is 0.469. The molecule has 1 heterocycles. The van der Waals surface area contributed by atoms with Crippen LogP contribution in [0.5, 0.6) is 5.75 Å². The number of carbonyl (C=O) groups is 1. The van der Waals surface area contributed by atoms with E-state index in [9.17, 15) is 9.18 Å². The van der Waals surface area contributed by atoms with Crippen LogP contribution in [0.1, 0.15) is 13.3 Å². The van der Waals surface area contributed by atoms with Crippen LogP contribution < -0.4 is 10.1 Å². The maximum Gasteiger partial charge on any atom is 0.221 e. The number of nitrogens with zero attached hydrogens (tertiary/aromatic N) is 3. The van der Waals surface area contributed by atoms with Gasteiger partial charge in [-0.15, -0.1) is 10.2 Å². The second-order valence-electron chi connectivity index (χ2n) is 5.72. The van der Waals surface area contributed by atoms with Crippen molar-refractivity contribution in [2.24, 2.45) is 0 Å². The van der Waals surface area contributed by atoms with Crippen LogP contribution in [0.25, 0.3) is 5.69 Å². The van der Waals surface area contributed by atoms with Gasteiger partial charge in [-0.1, -0.05) is 17.8 Å². The zero-order chi connectivity index (χ0) is 19.1. The second kappa shape index (κ2) is 9.18. The van der Waals surface area contributed by atoms with Crippen molar-refractivity contribution >= 4 is 23.4 Å². The monoisotopic (exact) mass is 386 g/mol. The number of hydrogen-bond donors (Lipinski definition) is 1. The van der Waals surface area contributed by atoms with Crippen molar-refractivity contribution in [2.45, 2.75) is 18.5 Å². The third kappa shape index (κ3) is 5.55. The molecule has 27 heavy (non-hydrogen) atoms. The minimum Gasteiger partial charge on any atom is -0.494 e. The lowest BCUT2D eigenvalue weighted by molar-refractivity contribution is -0.114. The number of thioether (sulfide) groups is 1. The molecule has 0 radical (unpaired) electrons. The molecule has 0 aliphatic carbocycles. The van der Waals surface area contributed by atoms with Gasteiger partial charge < -0.3 is 10.1 Å². The van der Waals surface area contributed by atoms with Crippen molar-refractivity contribution in [3.05, 3.63) is 60.7 Å². The lowest BCUT2D eigenvalue weighted by atomic mass is 10.2. The van der Waals surface area contributed by atoms with Crippen LogP contribution in [0, 0.1) is 5.82 Å². The van der Waals surface area contributed by atoms with E-state index in [4.69, 9.17) is 4.74 Å². The molecule has 0 aliphatic rings. The van der Waals surface area contributed by atoms with Gasteiger partial charge >= 0.3 is 0 Å². The molecule has 1 N–H and O–H groups in total. The first kappa shape index (κ1) is 18.9. The minimum absolute atomic E-state index is 0.119. The lowest BCUT2D eigenvalue weighted by Gasteiger charge is -2.09. The average Bonchev–Trinajstić information content (AvgIpc) is 3.11. The van der Waals surface area contributed by atoms with Gasteiger partial charge in [-0.2, -0.15) is 0 Å². The summed E-state index contributed by atoms with van der Waals surface area (Å²) in [6.07, 6.45) is 2.45. The molecule has 0 unspecified atom stereocenters. The van der Waals surface area contributed by atoms with E-state index in [1.165, 1.54) is 19.1 Å². The van der Waals surface area contributed by atoms with Gasteiger partial charge in [0.15, 0.2) is 5.16 Å². The van der Waals surface area contributed by atoms with Crippen molar-refractivity contribution in [3.63, 3.8) is 0 Å². The van der Waals surface area contributed by atoms with Gasteiger partial charge in [-0.3, -0.25) is 9.36 Å². The van der Waals surface area contributed by atoms with Crippen molar-refractivity contribution in [2.75, 3.05) is 17.7 Å². The Morgan fingerprint density at radius 1 is 1.26 bits per heavy atom. The number of anilines is 1. The molecule has 2 aromatic carbocycles. The van der Waals surface area contributed by atoms with Gasteiger partial charge in [0.1, 0.15) is 17.9 Å². The maximum absolute atomic E-state index is 12.9. The first-order chi connectivity index (χ1) is 13.1. The zero-order valence-corrected chi connectivity index (χ0v) is 15.6. The number of halogens is 1. The van der Waals surface area contributed by atoms with Gasteiger partial charge in [-0.25, -0.2) is 4.39 Å². The van der Waals surface area contributed by atoms with Crippen LogP contribution in [0.3, 0.4) is 0 Å². The van der Waals surface area contributed by atoms with Crippen molar-refractivity contribution < 1.29 is 13.9 Å². The summed E-state index contributed by atoms with van der Waals surface area (Å²) >= 11 is 1.57. The second-order valence-corrected chi connectivity index (χ2v) is 6.78. The summed E-state index contributed by atoms with van der Waals surface area (Å²) in [5.74, 6) is 1.05. The van der Waals surface area contributed by atoms with Crippen molar-refractivity contribution in [3.8, 4) is 11.4 Å². The molecule has 3 aromatic rings. The van der Waals surface area contributed by atoms with Gasteiger partial charge in [0, 0.05) is 18.4 Å². The summed E-state index contributed by atoms with van der Waals surface area (Å²) in [5.41, 5.74) is 1.59. The minimum atomic E-state index is -0.278. The number of carbonyl (C=O) groups excluding carboxylic acids is 1. The Morgan fingerprint density at radius 2 is 2.07 bits per heavy atom. The smallest absolute Gasteiger partial charge is 0.221 e. The van der Waals surface area contributed by atoms with Crippen molar-refractivity contribution in [1.82, 2.24) is 14.8 Å². The molecule has 0 fully saturated rings. The Kier molecular flexibility index (Phi) is 6.43. The zero-order valence-electron chi connectivity index (χ0n) is 14.8. The highest BCUT2D eigenvalue weighted by molar-refractivity contribution is 7.99. The summed E-state index contributed by atoms with van der Waals surface area (Å²) in [6, 6.07) is 13.5. The first-order valence-electron chi connectivity index (χ1n) is 8.41. The van der Waals surface area contributed by atoms with Gasteiger partial charge in [0.05, 0.1) is 12.3 Å². The van der Waals surface area contributed by atoms with E-state index in [2.05, 4.69) is 15.5 Å². The number of rotatable bonds is 8. The molecule has 0 bridgehead atoms. The van der Waals surface area contributed by atoms with E-state index in [1.54, 1.807) is 30.2 Å². The van der Waals surface area contributed by atoms with Gasteiger partial charge in [0.25, 0.3) is 0 Å². The summed E-state index contributed by atoms with van der Waals surface area (Å²) in [6.45, 7) is 2.01. The molecule has 1 aromatic heterocycles. The number of amides is 1. The van der Waals surface area contributed by atoms with E-state index in [0.717, 1.165) is 28.7 Å². The fourth-order valence-electron chi connectivity index (χ4n) is 2.38. The molecule has 0 spiro atoms. The third-order valence-electron chi connectivity index (χ3n) is 3.56. The number of benzene rings is 2. The van der Waals surface area contributed by atoms with E-state index in [-0.39, 0.29) is 11.7 Å². The van der Waals surface area contributed by atoms with Crippen molar-refractivity contribution in [1.29, 1.82) is 0 Å². The molecule has 0 saturated carbocycles. The molecule has 140 valence electrons. The Balaban J connectivity index is 1.53. The largest absolute Gasteiger partial charge is 0.494 e. The van der Waals surface area contributed by atoms with Crippen LogP contribution in [0.2, 0.25) is 0 Å². The van der Waals surface area contributed by atoms with Crippen LogP contribution >= 0.6 is 11.8 Å². The van der Waals surface area contributed by atoms with Crippen LogP contribution in [0.4, 0.5) is 10.1 Å². The molecular weight excluding hydrogens is 367 g/mol. The highest BCUT2D eigenvalue weighted by atomic mass is 32.2. The topological polar surface area (TPSA) is 69.0 Å². The summed E-state index contributed by atoms with van der Waals surface area (Å²) in [4.78, 5) is 11.2. The number of aromatic nitrogens is 3. The SMILES string of the molecule is CC(=O)Nc1cccc(-n2cnnc2SCCCOc2ccc(F)cc2)c1. The fourth-order valence-corrected chi connectivity index (χ4v) is 3.22. The fraction of sp³-hybridized carbons (Fsp3) is 0.211. The average molecular weight is 386 g/mol. The normalized spacial score (nSPS) is 10.6. The molecule has 0 saturated heterocycles. The van der Waals surface area contributed by atoms with Gasteiger partial charge in [0.2, 0.25) is 5.91 Å². The predicted molar refractivity (Wildman–Crippen MR) is 103 cm³/mol. The molecule has 1 amide bonds. The highest BCUT2D eigenvalue weighted by Gasteiger charge is 2.08. The van der Waals surface area contributed by atoms with Crippen LogP contribution in [-0.4, -0.2) is 33.0 Å².